The SMILES string of the molecule is COc1ccccc1[C@@H]1C[C@@H]1C(=O)N(C)Cc1cccc(O)c1. The van der Waals surface area contributed by atoms with E-state index in [9.17, 15) is 9.90 Å². The van der Waals surface area contributed by atoms with Crippen molar-refractivity contribution in [3.05, 3.63) is 59.7 Å². The number of hydrogen-bond donors (Lipinski definition) is 1. The molecule has 1 N–H and O–H groups in total. The molecule has 120 valence electrons. The third kappa shape index (κ3) is 3.31. The van der Waals surface area contributed by atoms with Gasteiger partial charge in [-0.05, 0) is 41.7 Å². The molecule has 0 aromatic heterocycles. The van der Waals surface area contributed by atoms with Crippen LogP contribution in [0.5, 0.6) is 11.5 Å². The summed E-state index contributed by atoms with van der Waals surface area (Å²) in [6.07, 6.45) is 0.865. The minimum atomic E-state index is 0.0219. The van der Waals surface area contributed by atoms with Gasteiger partial charge in [-0.1, -0.05) is 30.3 Å². The zero-order valence-corrected chi connectivity index (χ0v) is 13.4. The van der Waals surface area contributed by atoms with Gasteiger partial charge < -0.3 is 14.7 Å². The largest absolute Gasteiger partial charge is 0.508 e. The van der Waals surface area contributed by atoms with Gasteiger partial charge in [0.15, 0.2) is 0 Å². The Morgan fingerprint density at radius 3 is 2.78 bits per heavy atom. The molecule has 1 aliphatic carbocycles. The molecule has 3 rings (SSSR count). The molecule has 4 nitrogen and oxygen atoms in total. The quantitative estimate of drug-likeness (QED) is 0.923. The van der Waals surface area contributed by atoms with Crippen molar-refractivity contribution < 1.29 is 14.6 Å². The predicted octanol–water partition coefficient (Wildman–Crippen LogP) is 3.16. The van der Waals surface area contributed by atoms with E-state index in [0.717, 1.165) is 23.3 Å². The molecule has 0 spiro atoms. The molecule has 0 unspecified atom stereocenters. The predicted molar refractivity (Wildman–Crippen MR) is 88.4 cm³/mol. The van der Waals surface area contributed by atoms with Crippen LogP contribution in [0, 0.1) is 5.92 Å². The first-order valence-electron chi connectivity index (χ1n) is 7.76. The second kappa shape index (κ2) is 6.32. The molecule has 0 saturated heterocycles. The minimum Gasteiger partial charge on any atom is -0.508 e. The maximum absolute atomic E-state index is 12.6. The molecule has 1 amide bonds. The molecule has 23 heavy (non-hydrogen) atoms. The van der Waals surface area contributed by atoms with E-state index in [1.54, 1.807) is 30.2 Å². The van der Waals surface area contributed by atoms with Gasteiger partial charge in [0.05, 0.1) is 7.11 Å². The maximum atomic E-state index is 12.6. The molecule has 0 radical (unpaired) electrons. The van der Waals surface area contributed by atoms with E-state index in [4.69, 9.17) is 4.74 Å². The monoisotopic (exact) mass is 311 g/mol. The first-order valence-corrected chi connectivity index (χ1v) is 7.76. The van der Waals surface area contributed by atoms with Gasteiger partial charge in [0.1, 0.15) is 11.5 Å². The Bertz CT molecular complexity index is 713. The maximum Gasteiger partial charge on any atom is 0.226 e. The Hall–Kier alpha value is -2.49. The van der Waals surface area contributed by atoms with Gasteiger partial charge in [-0.15, -0.1) is 0 Å². The lowest BCUT2D eigenvalue weighted by atomic mass is 10.1. The molecule has 1 fully saturated rings. The number of phenolic OH excluding ortho intramolecular Hbond substituents is 1. The second-order valence-corrected chi connectivity index (χ2v) is 6.05. The first kappa shape index (κ1) is 15.4. The molecule has 0 bridgehead atoms. The molecule has 1 aliphatic rings. The Morgan fingerprint density at radius 1 is 1.26 bits per heavy atom. The van der Waals surface area contributed by atoms with Crippen LogP contribution in [0.4, 0.5) is 0 Å². The van der Waals surface area contributed by atoms with E-state index in [2.05, 4.69) is 0 Å². The van der Waals surface area contributed by atoms with Crippen molar-refractivity contribution in [3.8, 4) is 11.5 Å². The van der Waals surface area contributed by atoms with Gasteiger partial charge in [-0.3, -0.25) is 4.79 Å². The number of phenols is 1. The number of benzene rings is 2. The third-order valence-corrected chi connectivity index (χ3v) is 4.35. The molecule has 2 atom stereocenters. The van der Waals surface area contributed by atoms with Gasteiger partial charge >= 0.3 is 0 Å². The van der Waals surface area contributed by atoms with Crippen LogP contribution in [0.25, 0.3) is 0 Å². The molecule has 0 aliphatic heterocycles. The first-order chi connectivity index (χ1) is 11.1. The highest BCUT2D eigenvalue weighted by molar-refractivity contribution is 5.83. The van der Waals surface area contributed by atoms with E-state index in [-0.39, 0.29) is 23.5 Å². The number of hydrogen-bond acceptors (Lipinski definition) is 3. The summed E-state index contributed by atoms with van der Waals surface area (Å²) in [6.45, 7) is 0.502. The van der Waals surface area contributed by atoms with Crippen molar-refractivity contribution in [1.29, 1.82) is 0 Å². The lowest BCUT2D eigenvalue weighted by Crippen LogP contribution is -2.28. The summed E-state index contributed by atoms with van der Waals surface area (Å²) >= 11 is 0. The van der Waals surface area contributed by atoms with Crippen LogP contribution in [0.1, 0.15) is 23.5 Å². The zero-order valence-electron chi connectivity index (χ0n) is 13.4. The van der Waals surface area contributed by atoms with Crippen LogP contribution in [-0.2, 0) is 11.3 Å². The molecule has 2 aromatic rings. The van der Waals surface area contributed by atoms with Crippen LogP contribution < -0.4 is 4.74 Å². The molecule has 0 heterocycles. The highest BCUT2D eigenvalue weighted by Crippen LogP contribution is 2.51. The van der Waals surface area contributed by atoms with Crippen molar-refractivity contribution in [2.45, 2.75) is 18.9 Å². The van der Waals surface area contributed by atoms with Crippen LogP contribution in [0.2, 0.25) is 0 Å². The number of carbonyl (C=O) groups is 1. The van der Waals surface area contributed by atoms with E-state index in [1.807, 2.05) is 37.4 Å². The summed E-state index contributed by atoms with van der Waals surface area (Å²) in [5.41, 5.74) is 2.04. The van der Waals surface area contributed by atoms with E-state index >= 15 is 0 Å². The van der Waals surface area contributed by atoms with Crippen LogP contribution in [0.15, 0.2) is 48.5 Å². The third-order valence-electron chi connectivity index (χ3n) is 4.35. The number of ether oxygens (including phenoxy) is 1. The van der Waals surface area contributed by atoms with Crippen molar-refractivity contribution in [2.24, 2.45) is 5.92 Å². The van der Waals surface area contributed by atoms with Gasteiger partial charge in [0.2, 0.25) is 5.91 Å². The number of para-hydroxylation sites is 1. The second-order valence-electron chi connectivity index (χ2n) is 6.05. The van der Waals surface area contributed by atoms with Crippen molar-refractivity contribution >= 4 is 5.91 Å². The fourth-order valence-electron chi connectivity index (χ4n) is 3.07. The summed E-state index contributed by atoms with van der Waals surface area (Å²) < 4.78 is 5.39. The van der Waals surface area contributed by atoms with E-state index in [0.29, 0.717) is 6.54 Å². The smallest absolute Gasteiger partial charge is 0.226 e. The molecular weight excluding hydrogens is 290 g/mol. The summed E-state index contributed by atoms with van der Waals surface area (Å²) in [4.78, 5) is 14.3. The van der Waals surface area contributed by atoms with Crippen molar-refractivity contribution in [2.75, 3.05) is 14.2 Å². The number of rotatable bonds is 5. The Labute approximate surface area is 136 Å². The summed E-state index contributed by atoms with van der Waals surface area (Å²) in [6, 6.07) is 14.9. The summed E-state index contributed by atoms with van der Waals surface area (Å²) in [7, 11) is 3.47. The molecule has 2 aromatic carbocycles. The Kier molecular flexibility index (Phi) is 4.24. The zero-order chi connectivity index (χ0) is 16.4. The molecular formula is C19H21NO3. The van der Waals surface area contributed by atoms with Crippen LogP contribution >= 0.6 is 0 Å². The fraction of sp³-hybridized carbons (Fsp3) is 0.316. The lowest BCUT2D eigenvalue weighted by Gasteiger charge is -2.18. The summed E-state index contributed by atoms with van der Waals surface area (Å²) in [5, 5.41) is 9.52. The van der Waals surface area contributed by atoms with E-state index in [1.165, 1.54) is 0 Å². The number of nitrogens with zero attached hydrogens (tertiary/aromatic N) is 1. The minimum absolute atomic E-state index is 0.0219. The topological polar surface area (TPSA) is 49.8 Å². The Balaban J connectivity index is 1.65. The average molecular weight is 311 g/mol. The van der Waals surface area contributed by atoms with Crippen molar-refractivity contribution in [1.82, 2.24) is 4.90 Å². The van der Waals surface area contributed by atoms with Gasteiger partial charge in [-0.25, -0.2) is 0 Å². The highest BCUT2D eigenvalue weighted by Gasteiger charge is 2.46. The highest BCUT2D eigenvalue weighted by atomic mass is 16.5. The van der Waals surface area contributed by atoms with Gasteiger partial charge in [0.25, 0.3) is 0 Å². The van der Waals surface area contributed by atoms with Gasteiger partial charge in [-0.2, -0.15) is 0 Å². The number of amides is 1. The lowest BCUT2D eigenvalue weighted by molar-refractivity contribution is -0.131. The van der Waals surface area contributed by atoms with E-state index < -0.39 is 0 Å². The normalized spacial score (nSPS) is 19.2. The number of carbonyl (C=O) groups excluding carboxylic acids is 1. The average Bonchev–Trinajstić information content (AvgIpc) is 3.34. The van der Waals surface area contributed by atoms with Crippen molar-refractivity contribution in [3.63, 3.8) is 0 Å². The number of methoxy groups -OCH3 is 1. The molecule has 1 saturated carbocycles. The van der Waals surface area contributed by atoms with Crippen LogP contribution in [0.3, 0.4) is 0 Å². The molecule has 4 heteroatoms. The summed E-state index contributed by atoms with van der Waals surface area (Å²) in [5.74, 6) is 1.48. The Morgan fingerprint density at radius 2 is 2.04 bits per heavy atom. The van der Waals surface area contributed by atoms with Gasteiger partial charge in [0, 0.05) is 19.5 Å². The number of aromatic hydroxyl groups is 1. The standard InChI is InChI=1S/C19H21NO3/c1-20(12-13-6-5-7-14(21)10-13)19(22)17-11-16(17)15-8-3-4-9-18(15)23-2/h3-10,16-17,21H,11-12H2,1-2H3/t16-,17-/m0/s1. The van der Waals surface area contributed by atoms with Crippen LogP contribution in [-0.4, -0.2) is 30.1 Å². The fourth-order valence-corrected chi connectivity index (χ4v) is 3.07.